The second-order valence-electron chi connectivity index (χ2n) is 8.97. The lowest BCUT2D eigenvalue weighted by molar-refractivity contribution is -0.113. The fourth-order valence-corrected chi connectivity index (χ4v) is 7.07. The van der Waals surface area contributed by atoms with Crippen molar-refractivity contribution in [2.24, 2.45) is 0 Å². The molecule has 1 N–H and O–H groups in total. The summed E-state index contributed by atoms with van der Waals surface area (Å²) in [5, 5.41) is 6.10. The van der Waals surface area contributed by atoms with Crippen LogP contribution in [-0.4, -0.2) is 28.3 Å². The number of benzene rings is 2. The van der Waals surface area contributed by atoms with Gasteiger partial charge in [0.25, 0.3) is 5.56 Å². The van der Waals surface area contributed by atoms with Gasteiger partial charge in [0.1, 0.15) is 21.7 Å². The highest BCUT2D eigenvalue weighted by Crippen LogP contribution is 2.37. The number of carbonyl (C=O) groups is 1. The van der Waals surface area contributed by atoms with Crippen LogP contribution in [0.5, 0.6) is 5.75 Å². The van der Waals surface area contributed by atoms with Gasteiger partial charge in [-0.15, -0.1) is 17.9 Å². The Kier molecular flexibility index (Phi) is 6.26. The molecule has 0 saturated carbocycles. The number of aryl methyl sites for hydroxylation is 2. The molecule has 37 heavy (non-hydrogen) atoms. The second kappa shape index (κ2) is 9.72. The van der Waals surface area contributed by atoms with E-state index in [1.807, 2.05) is 30.3 Å². The maximum absolute atomic E-state index is 13.4. The molecule has 1 aliphatic rings. The van der Waals surface area contributed by atoms with Crippen LogP contribution in [0.25, 0.3) is 32.2 Å². The monoisotopic (exact) mass is 531 g/mol. The molecule has 7 nitrogen and oxygen atoms in total. The molecule has 0 spiro atoms. The molecule has 0 radical (unpaired) electrons. The average Bonchev–Trinajstić information content (AvgIpc) is 3.46. The van der Waals surface area contributed by atoms with Crippen molar-refractivity contribution in [1.82, 2.24) is 9.55 Å². The fourth-order valence-electron chi connectivity index (χ4n) is 4.95. The third kappa shape index (κ3) is 4.22. The normalized spacial score (nSPS) is 13.2. The number of fused-ring (bicyclic) bond motifs is 6. The van der Waals surface area contributed by atoms with Gasteiger partial charge in [0.15, 0.2) is 5.16 Å². The minimum atomic E-state index is -0.233. The summed E-state index contributed by atoms with van der Waals surface area (Å²) in [5.41, 5.74) is 3.07. The van der Waals surface area contributed by atoms with Crippen molar-refractivity contribution in [1.29, 1.82) is 0 Å². The van der Waals surface area contributed by atoms with E-state index < -0.39 is 0 Å². The van der Waals surface area contributed by atoms with E-state index >= 15 is 0 Å². The number of para-hydroxylation sites is 1. The summed E-state index contributed by atoms with van der Waals surface area (Å²) in [7, 11) is 1.57. The third-order valence-corrected chi connectivity index (χ3v) is 8.82. The van der Waals surface area contributed by atoms with Crippen molar-refractivity contribution in [3.63, 3.8) is 0 Å². The Labute approximate surface area is 221 Å². The van der Waals surface area contributed by atoms with Crippen LogP contribution in [0.15, 0.2) is 63.4 Å². The summed E-state index contributed by atoms with van der Waals surface area (Å²) >= 11 is 2.85. The van der Waals surface area contributed by atoms with E-state index in [1.165, 1.54) is 16.6 Å². The van der Waals surface area contributed by atoms with Crippen molar-refractivity contribution in [2.45, 2.75) is 37.4 Å². The molecule has 3 heterocycles. The van der Waals surface area contributed by atoms with Gasteiger partial charge in [-0.25, -0.2) is 4.98 Å². The number of anilines is 1. The summed E-state index contributed by atoms with van der Waals surface area (Å²) in [6.07, 6.45) is 5.85. The lowest BCUT2D eigenvalue weighted by Crippen LogP contribution is -2.24. The number of furan rings is 1. The molecule has 1 amide bonds. The molecule has 0 bridgehead atoms. The van der Waals surface area contributed by atoms with Crippen molar-refractivity contribution in [3.05, 3.63) is 69.8 Å². The molecule has 0 fully saturated rings. The minimum absolute atomic E-state index is 0.0517. The van der Waals surface area contributed by atoms with Gasteiger partial charge < -0.3 is 14.5 Å². The van der Waals surface area contributed by atoms with Crippen molar-refractivity contribution >= 4 is 66.8 Å². The van der Waals surface area contributed by atoms with Crippen molar-refractivity contribution < 1.29 is 13.9 Å². The Bertz CT molecular complexity index is 1750. The van der Waals surface area contributed by atoms with Gasteiger partial charge in [-0.05, 0) is 43.4 Å². The summed E-state index contributed by atoms with van der Waals surface area (Å²) in [5.74, 6) is 0.398. The smallest absolute Gasteiger partial charge is 0.263 e. The number of hydrogen-bond donors (Lipinski definition) is 1. The van der Waals surface area contributed by atoms with E-state index in [2.05, 4.69) is 11.9 Å². The number of methoxy groups -OCH3 is 1. The molecule has 0 unspecified atom stereocenters. The van der Waals surface area contributed by atoms with Crippen LogP contribution in [0.4, 0.5) is 5.69 Å². The van der Waals surface area contributed by atoms with Crippen LogP contribution in [0, 0.1) is 0 Å². The summed E-state index contributed by atoms with van der Waals surface area (Å²) in [4.78, 5) is 33.3. The second-order valence-corrected chi connectivity index (χ2v) is 11.0. The van der Waals surface area contributed by atoms with Crippen LogP contribution in [0.2, 0.25) is 0 Å². The van der Waals surface area contributed by atoms with Gasteiger partial charge in [0.2, 0.25) is 5.91 Å². The number of thioether (sulfide) groups is 1. The van der Waals surface area contributed by atoms with Gasteiger partial charge in [-0.2, -0.15) is 0 Å². The zero-order chi connectivity index (χ0) is 25.5. The summed E-state index contributed by atoms with van der Waals surface area (Å²) in [6, 6.07) is 11.4. The molecule has 5 aromatic rings. The molecule has 0 aliphatic heterocycles. The largest absolute Gasteiger partial charge is 0.495 e. The topological polar surface area (TPSA) is 86.4 Å². The maximum Gasteiger partial charge on any atom is 0.263 e. The Morgan fingerprint density at radius 3 is 2.92 bits per heavy atom. The van der Waals surface area contributed by atoms with Crippen molar-refractivity contribution in [2.75, 3.05) is 18.2 Å². The zero-order valence-corrected chi connectivity index (χ0v) is 22.0. The molecule has 1 aliphatic carbocycles. The standard InChI is InChI=1S/C28H25N3O4S2/c1-3-12-31-27(33)25-17-9-5-7-11-23(17)37-26(25)30-28(31)36-15-24(32)29-19-14-21-18(13-22(19)34-2)16-8-4-6-10-20(16)35-21/h3-4,6,8,10,13-14H,1,5,7,9,11-12,15H2,2H3,(H,29,32). The number of ether oxygens (including phenoxy) is 1. The fraction of sp³-hybridized carbons (Fsp3) is 0.250. The Morgan fingerprint density at radius 2 is 2.08 bits per heavy atom. The lowest BCUT2D eigenvalue weighted by atomic mass is 9.97. The first-order chi connectivity index (χ1) is 18.1. The molecule has 2 aromatic carbocycles. The number of thiophene rings is 1. The first-order valence-electron chi connectivity index (χ1n) is 12.1. The summed E-state index contributed by atoms with van der Waals surface area (Å²) < 4.78 is 13.1. The molecule has 188 valence electrons. The third-order valence-electron chi connectivity index (χ3n) is 6.66. The first-order valence-corrected chi connectivity index (χ1v) is 14.0. The highest BCUT2D eigenvalue weighted by Gasteiger charge is 2.22. The lowest BCUT2D eigenvalue weighted by Gasteiger charge is -2.13. The Balaban J connectivity index is 1.28. The van der Waals surface area contributed by atoms with Gasteiger partial charge in [0.05, 0.1) is 23.9 Å². The molecule has 3 aromatic heterocycles. The number of allylic oxidation sites excluding steroid dienone is 1. The van der Waals surface area contributed by atoms with Crippen LogP contribution >= 0.6 is 23.1 Å². The van der Waals surface area contributed by atoms with Crippen LogP contribution < -0.4 is 15.6 Å². The predicted molar refractivity (Wildman–Crippen MR) is 150 cm³/mol. The maximum atomic E-state index is 13.4. The van der Waals surface area contributed by atoms with Gasteiger partial charge in [-0.1, -0.05) is 36.0 Å². The van der Waals surface area contributed by atoms with E-state index in [1.54, 1.807) is 35.2 Å². The molecule has 0 atom stereocenters. The number of rotatable bonds is 7. The van der Waals surface area contributed by atoms with E-state index in [0.717, 1.165) is 57.8 Å². The zero-order valence-electron chi connectivity index (χ0n) is 20.3. The highest BCUT2D eigenvalue weighted by atomic mass is 32.2. The SMILES string of the molecule is C=CCn1c(SCC(=O)Nc2cc3oc4ccccc4c3cc2OC)nc2sc3c(c2c1=O)CCCC3. The molecular weight excluding hydrogens is 506 g/mol. The molecule has 6 rings (SSSR count). The number of amides is 1. The number of aromatic nitrogens is 2. The van der Waals surface area contributed by atoms with Gasteiger partial charge >= 0.3 is 0 Å². The van der Waals surface area contributed by atoms with E-state index in [-0.39, 0.29) is 17.2 Å². The van der Waals surface area contributed by atoms with Gasteiger partial charge in [-0.3, -0.25) is 14.2 Å². The van der Waals surface area contributed by atoms with Gasteiger partial charge in [0, 0.05) is 28.3 Å². The van der Waals surface area contributed by atoms with Crippen molar-refractivity contribution in [3.8, 4) is 5.75 Å². The number of nitrogens with one attached hydrogen (secondary N) is 1. The van der Waals surface area contributed by atoms with Crippen LogP contribution in [0.3, 0.4) is 0 Å². The van der Waals surface area contributed by atoms with E-state index in [9.17, 15) is 9.59 Å². The van der Waals surface area contributed by atoms with E-state index in [0.29, 0.717) is 28.7 Å². The van der Waals surface area contributed by atoms with E-state index in [4.69, 9.17) is 14.1 Å². The number of carbonyl (C=O) groups excluding carboxylic acids is 1. The minimum Gasteiger partial charge on any atom is -0.495 e. The number of hydrogen-bond acceptors (Lipinski definition) is 7. The highest BCUT2D eigenvalue weighted by molar-refractivity contribution is 7.99. The molecule has 0 saturated heterocycles. The number of nitrogens with zero attached hydrogens (tertiary/aromatic N) is 2. The van der Waals surface area contributed by atoms with Crippen LogP contribution in [0.1, 0.15) is 23.3 Å². The molecule has 9 heteroatoms. The Morgan fingerprint density at radius 1 is 1.24 bits per heavy atom. The summed E-state index contributed by atoms with van der Waals surface area (Å²) in [6.45, 7) is 4.15. The average molecular weight is 532 g/mol. The van der Waals surface area contributed by atoms with Crippen LogP contribution in [-0.2, 0) is 24.2 Å². The Hall–Kier alpha value is -3.56. The molecular formula is C28H25N3O4S2. The quantitative estimate of drug-likeness (QED) is 0.154. The first kappa shape index (κ1) is 23.8. The predicted octanol–water partition coefficient (Wildman–Crippen LogP) is 6.16.